The summed E-state index contributed by atoms with van der Waals surface area (Å²) in [6.45, 7) is 3.46. The third-order valence-corrected chi connectivity index (χ3v) is 2.29. The number of aromatic nitrogens is 2. The molecule has 2 N–H and O–H groups in total. The van der Waals surface area contributed by atoms with Crippen LogP contribution < -0.4 is 11.2 Å². The molecule has 2 atom stereocenters. The van der Waals surface area contributed by atoms with E-state index in [4.69, 9.17) is 9.84 Å². The number of aromatic amines is 1. The van der Waals surface area contributed by atoms with Crippen molar-refractivity contribution in [2.45, 2.75) is 32.6 Å². The van der Waals surface area contributed by atoms with E-state index in [1.54, 1.807) is 6.92 Å². The first kappa shape index (κ1) is 16.5. The van der Waals surface area contributed by atoms with Gasteiger partial charge in [0.25, 0.3) is 5.56 Å². The van der Waals surface area contributed by atoms with E-state index in [9.17, 15) is 14.0 Å². The lowest BCUT2D eigenvalue weighted by Gasteiger charge is -2.20. The summed E-state index contributed by atoms with van der Waals surface area (Å²) in [6, 6.07) is 1.25. The van der Waals surface area contributed by atoms with Crippen LogP contribution in [0.5, 0.6) is 0 Å². The largest absolute Gasteiger partial charge is 0.394 e. The van der Waals surface area contributed by atoms with E-state index in [1.165, 1.54) is 16.8 Å². The molecule has 0 aliphatic heterocycles. The van der Waals surface area contributed by atoms with Crippen LogP contribution in [0.15, 0.2) is 21.9 Å². The number of aliphatic hydroxyl groups is 1. The summed E-state index contributed by atoms with van der Waals surface area (Å²) in [4.78, 5) is 24.4. The van der Waals surface area contributed by atoms with Crippen LogP contribution in [0.1, 0.15) is 26.5 Å². The van der Waals surface area contributed by atoms with Gasteiger partial charge in [-0.2, -0.15) is 0 Å². The zero-order chi connectivity index (χ0) is 14.1. The number of rotatable bonds is 5. The maximum atomic E-state index is 11.4. The second-order valence-corrected chi connectivity index (χ2v) is 3.47. The first-order valence-electron chi connectivity index (χ1n) is 5.54. The van der Waals surface area contributed by atoms with E-state index in [0.29, 0.717) is 13.6 Å². The van der Waals surface area contributed by atoms with E-state index in [1.807, 2.05) is 6.92 Å². The zero-order valence-electron chi connectivity index (χ0n) is 10.7. The monoisotopic (exact) mass is 262 g/mol. The minimum Gasteiger partial charge on any atom is -0.394 e. The molecule has 0 unspecified atom stereocenters. The Bertz CT molecular complexity index is 439. The molecule has 0 saturated carbocycles. The number of nitrogens with one attached hydrogen (secondary N) is 1. The van der Waals surface area contributed by atoms with Gasteiger partial charge in [-0.1, -0.05) is 6.92 Å². The lowest BCUT2D eigenvalue weighted by Crippen LogP contribution is -2.33. The molecule has 0 aliphatic rings. The summed E-state index contributed by atoms with van der Waals surface area (Å²) in [5.41, 5.74) is -0.963. The Morgan fingerprint density at radius 1 is 1.50 bits per heavy atom. The third kappa shape index (κ3) is 4.80. The van der Waals surface area contributed by atoms with Gasteiger partial charge in [0, 0.05) is 12.3 Å². The number of hydrogen-bond donors (Lipinski definition) is 2. The molecule has 1 rings (SSSR count). The fourth-order valence-electron chi connectivity index (χ4n) is 1.33. The van der Waals surface area contributed by atoms with Crippen LogP contribution in [0, 0.1) is 0 Å². The summed E-state index contributed by atoms with van der Waals surface area (Å²) in [5.74, 6) is 0. The molecule has 0 amide bonds. The van der Waals surface area contributed by atoms with Gasteiger partial charge in [-0.05, 0) is 13.3 Å². The molecule has 0 aliphatic carbocycles. The molecular formula is C11H19FN2O4. The summed E-state index contributed by atoms with van der Waals surface area (Å²) >= 11 is 0. The van der Waals surface area contributed by atoms with Gasteiger partial charge in [0.2, 0.25) is 0 Å². The maximum absolute atomic E-state index is 11.4. The van der Waals surface area contributed by atoms with Gasteiger partial charge in [0.1, 0.15) is 6.23 Å². The summed E-state index contributed by atoms with van der Waals surface area (Å²) in [5, 5.41) is 8.97. The predicted octanol–water partition coefficient (Wildman–Crippen LogP) is 0.428. The van der Waals surface area contributed by atoms with Gasteiger partial charge in [-0.3, -0.25) is 18.7 Å². The first-order chi connectivity index (χ1) is 8.58. The van der Waals surface area contributed by atoms with E-state index in [2.05, 4.69) is 4.98 Å². The fourth-order valence-corrected chi connectivity index (χ4v) is 1.33. The van der Waals surface area contributed by atoms with Gasteiger partial charge in [0.05, 0.1) is 19.9 Å². The number of alkyl halides is 1. The van der Waals surface area contributed by atoms with Gasteiger partial charge < -0.3 is 9.84 Å². The van der Waals surface area contributed by atoms with Crippen molar-refractivity contribution in [3.05, 3.63) is 33.1 Å². The Labute approximate surface area is 104 Å². The molecular weight excluding hydrogens is 243 g/mol. The summed E-state index contributed by atoms with van der Waals surface area (Å²) in [7, 11) is 0.500. The van der Waals surface area contributed by atoms with Crippen LogP contribution in [0.2, 0.25) is 0 Å². The number of ether oxygens (including phenoxy) is 1. The van der Waals surface area contributed by atoms with Gasteiger partial charge in [-0.15, -0.1) is 0 Å². The molecule has 0 fully saturated rings. The minimum absolute atomic E-state index is 0.0983. The highest BCUT2D eigenvalue weighted by Crippen LogP contribution is 2.09. The van der Waals surface area contributed by atoms with Gasteiger partial charge in [-0.25, -0.2) is 4.79 Å². The zero-order valence-corrected chi connectivity index (χ0v) is 10.7. The molecule has 0 aromatic carbocycles. The highest BCUT2D eigenvalue weighted by atomic mass is 19.1. The molecule has 1 heterocycles. The standard InChI is InChI=1S/C10H16N2O4.CH3F/c1-3-8(6-13)16-7(2)12-5-4-9(14)11-10(12)15;1-2/h4-5,7-8,13H,3,6H2,1-2H3,(H,11,14,15);1H3/t7-,8+;/m1./s1. The number of H-pyrrole nitrogens is 1. The smallest absolute Gasteiger partial charge is 0.330 e. The van der Waals surface area contributed by atoms with Gasteiger partial charge >= 0.3 is 5.69 Å². The molecule has 0 radical (unpaired) electrons. The van der Waals surface area contributed by atoms with Crippen LogP contribution in [0.3, 0.4) is 0 Å². The highest BCUT2D eigenvalue weighted by molar-refractivity contribution is 4.83. The quantitative estimate of drug-likeness (QED) is 0.806. The number of nitrogens with zero attached hydrogens (tertiary/aromatic N) is 1. The van der Waals surface area contributed by atoms with Crippen LogP contribution in [0.4, 0.5) is 4.39 Å². The summed E-state index contributed by atoms with van der Waals surface area (Å²) < 4.78 is 16.2. The van der Waals surface area contributed by atoms with Crippen molar-refractivity contribution in [3.8, 4) is 0 Å². The molecule has 0 spiro atoms. The lowest BCUT2D eigenvalue weighted by molar-refractivity contribution is -0.0682. The van der Waals surface area contributed by atoms with Crippen molar-refractivity contribution < 1.29 is 14.2 Å². The van der Waals surface area contributed by atoms with Crippen molar-refractivity contribution in [2.24, 2.45) is 0 Å². The Morgan fingerprint density at radius 3 is 2.56 bits per heavy atom. The Morgan fingerprint density at radius 2 is 2.11 bits per heavy atom. The number of halogens is 1. The average molecular weight is 262 g/mol. The minimum atomic E-state index is -0.526. The molecule has 7 heteroatoms. The molecule has 104 valence electrons. The normalized spacial score (nSPS) is 13.4. The van der Waals surface area contributed by atoms with Crippen molar-refractivity contribution in [1.29, 1.82) is 0 Å². The Hall–Kier alpha value is -1.47. The van der Waals surface area contributed by atoms with Gasteiger partial charge in [0.15, 0.2) is 0 Å². The molecule has 18 heavy (non-hydrogen) atoms. The van der Waals surface area contributed by atoms with E-state index < -0.39 is 17.5 Å². The Kier molecular flexibility index (Phi) is 7.89. The lowest BCUT2D eigenvalue weighted by atomic mass is 10.3. The SMILES string of the molecule is CC[C@@H](CO)O[C@H](C)n1ccc(=O)[nH]c1=O.CF. The van der Waals surface area contributed by atoms with E-state index >= 15 is 0 Å². The molecule has 1 aromatic rings. The van der Waals surface area contributed by atoms with Crippen LogP contribution in [-0.2, 0) is 4.74 Å². The molecule has 0 saturated heterocycles. The molecule has 0 bridgehead atoms. The summed E-state index contributed by atoms with van der Waals surface area (Å²) in [6.07, 6.45) is 1.18. The first-order valence-corrected chi connectivity index (χ1v) is 5.54. The van der Waals surface area contributed by atoms with Crippen LogP contribution in [-0.4, -0.2) is 34.5 Å². The van der Waals surface area contributed by atoms with Crippen molar-refractivity contribution in [2.75, 3.05) is 13.8 Å². The van der Waals surface area contributed by atoms with Crippen molar-refractivity contribution in [1.82, 2.24) is 9.55 Å². The second kappa shape index (κ2) is 8.60. The van der Waals surface area contributed by atoms with Crippen LogP contribution >= 0.6 is 0 Å². The second-order valence-electron chi connectivity index (χ2n) is 3.47. The predicted molar refractivity (Wildman–Crippen MR) is 65.3 cm³/mol. The van der Waals surface area contributed by atoms with E-state index in [0.717, 1.165) is 0 Å². The highest BCUT2D eigenvalue weighted by Gasteiger charge is 2.12. The number of hydrogen-bond acceptors (Lipinski definition) is 4. The maximum Gasteiger partial charge on any atom is 0.330 e. The van der Waals surface area contributed by atoms with Crippen molar-refractivity contribution >= 4 is 0 Å². The van der Waals surface area contributed by atoms with Crippen molar-refractivity contribution in [3.63, 3.8) is 0 Å². The molecule has 1 aromatic heterocycles. The number of aliphatic hydroxyl groups excluding tert-OH is 1. The average Bonchev–Trinajstić information content (AvgIpc) is 2.38. The topological polar surface area (TPSA) is 84.3 Å². The third-order valence-electron chi connectivity index (χ3n) is 2.29. The fraction of sp³-hybridized carbons (Fsp3) is 0.636. The van der Waals surface area contributed by atoms with Crippen LogP contribution in [0.25, 0.3) is 0 Å². The Balaban J connectivity index is 0.00000137. The van der Waals surface area contributed by atoms with E-state index in [-0.39, 0.29) is 12.7 Å². The molecule has 6 nitrogen and oxygen atoms in total.